The third-order valence-electron chi connectivity index (χ3n) is 6.89. The van der Waals surface area contributed by atoms with Crippen LogP contribution in [0.1, 0.15) is 32.1 Å². The number of hydrogen-bond acceptors (Lipinski definition) is 5. The van der Waals surface area contributed by atoms with Crippen molar-refractivity contribution in [1.29, 1.82) is 0 Å². The molecule has 2 aliphatic carbocycles. The third-order valence-corrected chi connectivity index (χ3v) is 8.66. The van der Waals surface area contributed by atoms with Gasteiger partial charge in [-0.05, 0) is 67.7 Å². The lowest BCUT2D eigenvalue weighted by Crippen LogP contribution is -2.51. The number of nitrogens with zero attached hydrogens (tertiary/aromatic N) is 2. The van der Waals surface area contributed by atoms with Gasteiger partial charge in [-0.2, -0.15) is 0 Å². The van der Waals surface area contributed by atoms with Gasteiger partial charge in [0, 0.05) is 6.54 Å². The van der Waals surface area contributed by atoms with Gasteiger partial charge in [-0.25, -0.2) is 21.9 Å². The van der Waals surface area contributed by atoms with E-state index in [1.54, 1.807) is 4.90 Å². The molecule has 4 aliphatic rings. The Morgan fingerprint density at radius 3 is 2.68 bits per heavy atom. The number of carbonyl (C=O) groups excluding carboxylic acids is 2. The molecule has 5 rings (SSSR count). The van der Waals surface area contributed by atoms with E-state index in [9.17, 15) is 27.5 Å². The first-order valence-electron chi connectivity index (χ1n) is 10.6. The number of aliphatic hydroxyl groups is 1. The van der Waals surface area contributed by atoms with Crippen molar-refractivity contribution in [3.05, 3.63) is 35.7 Å². The van der Waals surface area contributed by atoms with Gasteiger partial charge in [0.2, 0.25) is 5.91 Å². The van der Waals surface area contributed by atoms with Crippen LogP contribution >= 0.6 is 0 Å². The molecule has 3 amide bonds. The molecule has 10 heteroatoms. The molecule has 0 radical (unpaired) electrons. The molecule has 8 nitrogen and oxygen atoms in total. The maximum Gasteiger partial charge on any atom is 0.336 e. The molecule has 166 valence electrons. The van der Waals surface area contributed by atoms with Crippen LogP contribution in [0.25, 0.3) is 0 Å². The molecule has 2 aliphatic heterocycles. The molecule has 2 atom stereocenters. The highest BCUT2D eigenvalue weighted by atomic mass is 32.2. The number of halogens is 1. The summed E-state index contributed by atoms with van der Waals surface area (Å²) in [4.78, 5) is 26.9. The van der Waals surface area contributed by atoms with Crippen molar-refractivity contribution in [3.63, 3.8) is 0 Å². The summed E-state index contributed by atoms with van der Waals surface area (Å²) in [5.74, 6) is -0.621. The van der Waals surface area contributed by atoms with Crippen molar-refractivity contribution in [2.24, 2.45) is 11.8 Å². The molecule has 1 saturated carbocycles. The van der Waals surface area contributed by atoms with Crippen LogP contribution in [0.5, 0.6) is 0 Å². The van der Waals surface area contributed by atoms with E-state index in [0.29, 0.717) is 16.8 Å². The lowest BCUT2D eigenvalue weighted by molar-refractivity contribution is -0.131. The van der Waals surface area contributed by atoms with Crippen molar-refractivity contribution in [1.82, 2.24) is 9.21 Å². The highest BCUT2D eigenvalue weighted by molar-refractivity contribution is 7.90. The predicted molar refractivity (Wildman–Crippen MR) is 109 cm³/mol. The van der Waals surface area contributed by atoms with Crippen molar-refractivity contribution < 1.29 is 27.5 Å². The average Bonchev–Trinajstić information content (AvgIpc) is 3.33. The number of benzene rings is 1. The highest BCUT2D eigenvalue weighted by Crippen LogP contribution is 2.44. The second kappa shape index (κ2) is 7.30. The monoisotopic (exact) mass is 449 g/mol. The van der Waals surface area contributed by atoms with Crippen LogP contribution in [0.15, 0.2) is 34.7 Å². The van der Waals surface area contributed by atoms with E-state index < -0.39 is 34.3 Å². The summed E-state index contributed by atoms with van der Waals surface area (Å²) in [5.41, 5.74) is 1.20. The quantitative estimate of drug-likeness (QED) is 0.687. The number of carbonyl (C=O) groups is 2. The average molecular weight is 450 g/mol. The Kier molecular flexibility index (Phi) is 4.82. The first kappa shape index (κ1) is 20.4. The number of rotatable bonds is 3. The fraction of sp³-hybridized carbons (Fsp3) is 0.524. The Balaban J connectivity index is 1.34. The number of urea groups is 1. The van der Waals surface area contributed by atoms with Crippen LogP contribution in [0, 0.1) is 17.7 Å². The van der Waals surface area contributed by atoms with E-state index >= 15 is 0 Å². The zero-order valence-corrected chi connectivity index (χ0v) is 17.6. The summed E-state index contributed by atoms with van der Waals surface area (Å²) in [7, 11) is -4.34. The molecule has 1 aromatic rings. The molecule has 31 heavy (non-hydrogen) atoms. The minimum atomic E-state index is -4.34. The summed E-state index contributed by atoms with van der Waals surface area (Å²) in [5, 5.41) is 12.2. The van der Waals surface area contributed by atoms with E-state index in [1.165, 1.54) is 11.6 Å². The van der Waals surface area contributed by atoms with Crippen molar-refractivity contribution >= 4 is 27.6 Å². The van der Waals surface area contributed by atoms with Crippen molar-refractivity contribution in [2.45, 2.75) is 49.1 Å². The summed E-state index contributed by atoms with van der Waals surface area (Å²) in [6, 6.07) is 2.09. The van der Waals surface area contributed by atoms with Gasteiger partial charge >= 0.3 is 6.03 Å². The van der Waals surface area contributed by atoms with Crippen LogP contribution in [0.3, 0.4) is 0 Å². The lowest BCUT2D eigenvalue weighted by atomic mass is 9.80. The first-order valence-corrected chi connectivity index (χ1v) is 12.0. The molecule has 1 aromatic carbocycles. The summed E-state index contributed by atoms with van der Waals surface area (Å²) < 4.78 is 39.9. The van der Waals surface area contributed by atoms with Gasteiger partial charge < -0.3 is 15.3 Å². The minimum Gasteiger partial charge on any atom is -0.393 e. The van der Waals surface area contributed by atoms with Gasteiger partial charge in [0.1, 0.15) is 17.3 Å². The Labute approximate surface area is 179 Å². The van der Waals surface area contributed by atoms with Gasteiger partial charge in [-0.15, -0.1) is 0 Å². The molecular weight excluding hydrogens is 425 g/mol. The standard InChI is InChI=1S/C21H24FN3O5S/c22-14-3-6-17-19(9-14)31(29,30)25(21(28)23-17)11-20(27)24-10-12-7-16(18(24)8-12)13-1-4-15(26)5-2-13/h3,6-7,9,12-13,15,18,26H,1-2,4-5,8,10-11H2,(H,23,28)/t12-,13?,15?,18-/m0/s1. The predicted octanol–water partition coefficient (Wildman–Crippen LogP) is 2.07. The number of aliphatic hydroxyl groups excluding tert-OH is 1. The molecule has 0 aromatic heterocycles. The Morgan fingerprint density at radius 1 is 1.23 bits per heavy atom. The van der Waals surface area contributed by atoms with Crippen LogP contribution < -0.4 is 5.32 Å². The largest absolute Gasteiger partial charge is 0.393 e. The van der Waals surface area contributed by atoms with Gasteiger partial charge in [-0.3, -0.25) is 4.79 Å². The van der Waals surface area contributed by atoms with Crippen LogP contribution in [0.2, 0.25) is 0 Å². The molecule has 2 N–H and O–H groups in total. The smallest absolute Gasteiger partial charge is 0.336 e. The maximum absolute atomic E-state index is 13.6. The normalized spacial score (nSPS) is 31.3. The highest BCUT2D eigenvalue weighted by Gasteiger charge is 2.46. The lowest BCUT2D eigenvalue weighted by Gasteiger charge is -2.36. The molecule has 2 fully saturated rings. The molecule has 0 unspecified atom stereocenters. The van der Waals surface area contributed by atoms with Gasteiger partial charge in [-0.1, -0.05) is 6.08 Å². The van der Waals surface area contributed by atoms with Crippen molar-refractivity contribution in [3.8, 4) is 0 Å². The molecular formula is C21H24FN3O5S. The van der Waals surface area contributed by atoms with E-state index in [1.807, 2.05) is 0 Å². The zero-order valence-electron chi connectivity index (χ0n) is 16.8. The Morgan fingerprint density at radius 2 is 1.97 bits per heavy atom. The van der Waals surface area contributed by atoms with Crippen LogP contribution in [0.4, 0.5) is 14.9 Å². The van der Waals surface area contributed by atoms with E-state index in [4.69, 9.17) is 0 Å². The Hall–Kier alpha value is -2.46. The Bertz CT molecular complexity index is 1080. The SMILES string of the molecule is O=C(CN1C(=O)Nc2ccc(F)cc2S1(=O)=O)N1C[C@H]2C=C(C3CCC(O)CC3)[C@@H]1C2. The van der Waals surface area contributed by atoms with Crippen molar-refractivity contribution in [2.75, 3.05) is 18.4 Å². The van der Waals surface area contributed by atoms with Crippen LogP contribution in [-0.4, -0.2) is 59.9 Å². The van der Waals surface area contributed by atoms with Gasteiger partial charge in [0.05, 0.1) is 17.8 Å². The summed E-state index contributed by atoms with van der Waals surface area (Å²) in [6.45, 7) is -0.118. The van der Waals surface area contributed by atoms with E-state index in [2.05, 4.69) is 11.4 Å². The number of nitrogens with one attached hydrogen (secondary N) is 1. The third kappa shape index (κ3) is 3.41. The van der Waals surface area contributed by atoms with Gasteiger partial charge in [0.25, 0.3) is 10.0 Å². The minimum absolute atomic E-state index is 0.0000315. The molecule has 2 heterocycles. The topological polar surface area (TPSA) is 107 Å². The number of likely N-dealkylation sites (tertiary alicyclic amines) is 1. The zero-order chi connectivity index (χ0) is 21.9. The molecule has 0 spiro atoms. The molecule has 1 saturated heterocycles. The van der Waals surface area contributed by atoms with E-state index in [-0.39, 0.29) is 28.6 Å². The summed E-state index contributed by atoms with van der Waals surface area (Å²) >= 11 is 0. The van der Waals surface area contributed by atoms with E-state index in [0.717, 1.165) is 44.2 Å². The number of sulfonamides is 1. The number of hydrogen-bond donors (Lipinski definition) is 2. The first-order chi connectivity index (χ1) is 14.7. The summed E-state index contributed by atoms with van der Waals surface area (Å²) in [6.07, 6.45) is 6.04. The molecule has 2 bridgehead atoms. The second-order valence-corrected chi connectivity index (χ2v) is 10.6. The fourth-order valence-electron chi connectivity index (χ4n) is 5.37. The number of anilines is 1. The van der Waals surface area contributed by atoms with Gasteiger partial charge in [0.15, 0.2) is 0 Å². The fourth-order valence-corrected chi connectivity index (χ4v) is 6.81. The van der Waals surface area contributed by atoms with Crippen LogP contribution in [-0.2, 0) is 14.8 Å². The number of fused-ring (bicyclic) bond motifs is 3. The maximum atomic E-state index is 13.6. The second-order valence-electron chi connectivity index (χ2n) is 8.81. The number of amides is 3.